The molecule has 6 rings (SSSR count). The van der Waals surface area contributed by atoms with Crippen molar-refractivity contribution in [2.75, 3.05) is 36.6 Å². The lowest BCUT2D eigenvalue weighted by atomic mass is 9.94. The topological polar surface area (TPSA) is 262 Å². The number of amides is 8. The molecule has 296 valence electrons. The van der Waals surface area contributed by atoms with Crippen LogP contribution in [-0.2, 0) is 28.8 Å². The lowest BCUT2D eigenvalue weighted by Gasteiger charge is -2.57. The summed E-state index contributed by atoms with van der Waals surface area (Å²) in [4.78, 5) is 107. The third-order valence-corrected chi connectivity index (χ3v) is 11.7. The minimum absolute atomic E-state index is 0.0456. The Hall–Kier alpha value is -6.61. The van der Waals surface area contributed by atoms with Crippen molar-refractivity contribution >= 4 is 71.5 Å². The number of nitrogens with one attached hydrogen (secondary N) is 4. The molecule has 8 amide bonds. The molecule has 1 unspecified atom stereocenters. The van der Waals surface area contributed by atoms with Crippen LogP contribution in [0.1, 0.15) is 28.9 Å². The Kier molecular flexibility index (Phi) is 11.7. The van der Waals surface area contributed by atoms with Gasteiger partial charge in [0.15, 0.2) is 11.5 Å². The molecule has 0 spiro atoms. The molecule has 1 aromatic heterocycles. The standard InChI is InChI=1S/C36H34N8O11S2/c1-2-41-14-15-43(31(51)30(41)50)35(55)38-26(20-6-4-3-5-7-20)29(49)39-36(37-19-45)33(54)44-27(32(52)53)22(18-57-34(36)44)17-56-23-10-12-42(13-11-23)40-28(48)21-8-9-24(46)25(47)16-21/h3-13,16,19,26,34H,2,14-15,17-18H2,1H3,(H6-,37,38,39,40,45,46,47,48,49,50,51,52,53,55)/t26?,34-,36-/m1/s1. The average molecular weight is 819 g/mol. The Balaban J connectivity index is 1.16. The molecule has 2 fully saturated rings. The zero-order valence-corrected chi connectivity index (χ0v) is 31.5. The number of urea groups is 1. The molecule has 0 aliphatic carbocycles. The first-order chi connectivity index (χ1) is 27.3. The number of likely N-dealkylation sites (N-methyl/N-ethyl adjacent to an activating group) is 1. The van der Waals surface area contributed by atoms with Crippen LogP contribution in [0.25, 0.3) is 0 Å². The predicted octanol–water partition coefficient (Wildman–Crippen LogP) is -1.52. The van der Waals surface area contributed by atoms with Crippen LogP contribution in [-0.4, -0.2) is 115 Å². The summed E-state index contributed by atoms with van der Waals surface area (Å²) in [5, 5.41) is 37.8. The summed E-state index contributed by atoms with van der Waals surface area (Å²) >= 11 is 2.29. The number of β-lactam (4-membered cyclic amide) rings is 1. The van der Waals surface area contributed by atoms with Gasteiger partial charge >= 0.3 is 23.8 Å². The van der Waals surface area contributed by atoms with Crippen molar-refractivity contribution in [3.05, 3.63) is 95.5 Å². The van der Waals surface area contributed by atoms with Crippen LogP contribution in [0.4, 0.5) is 4.79 Å². The minimum Gasteiger partial charge on any atom is -0.543 e. The first-order valence-electron chi connectivity index (χ1n) is 17.1. The van der Waals surface area contributed by atoms with E-state index in [0.29, 0.717) is 15.4 Å². The summed E-state index contributed by atoms with van der Waals surface area (Å²) in [5.74, 6) is -6.87. The molecule has 4 heterocycles. The van der Waals surface area contributed by atoms with Crippen molar-refractivity contribution in [1.82, 2.24) is 30.7 Å². The molecule has 2 saturated heterocycles. The van der Waals surface area contributed by atoms with Gasteiger partial charge in [-0.05, 0) is 36.3 Å². The Morgan fingerprint density at radius 1 is 1.02 bits per heavy atom. The summed E-state index contributed by atoms with van der Waals surface area (Å²) in [6.07, 6.45) is 3.22. The maximum Gasteiger partial charge on any atom is 0.325 e. The molecule has 3 aromatic rings. The third-order valence-electron chi connectivity index (χ3n) is 9.23. The molecule has 2 aromatic carbocycles. The lowest BCUT2D eigenvalue weighted by molar-refractivity contribution is -0.641. The number of carbonyl (C=O) groups is 8. The Labute approximate surface area is 332 Å². The van der Waals surface area contributed by atoms with Crippen LogP contribution in [0.2, 0.25) is 0 Å². The number of benzene rings is 2. The van der Waals surface area contributed by atoms with Crippen LogP contribution in [0.5, 0.6) is 11.5 Å². The average Bonchev–Trinajstić information content (AvgIpc) is 3.20. The van der Waals surface area contributed by atoms with E-state index in [0.717, 1.165) is 22.7 Å². The zero-order chi connectivity index (χ0) is 41.0. The van der Waals surface area contributed by atoms with E-state index in [1.54, 1.807) is 37.3 Å². The number of phenolic OH excluding ortho intramolecular Hbond substituents is 2. The number of aromatic nitrogens is 1. The number of nitrogens with zero attached hydrogens (tertiary/aromatic N) is 4. The summed E-state index contributed by atoms with van der Waals surface area (Å²) in [6.45, 7) is 1.89. The minimum atomic E-state index is -2.14. The fourth-order valence-electron chi connectivity index (χ4n) is 6.28. The number of pyridine rings is 1. The second-order valence-electron chi connectivity index (χ2n) is 12.6. The number of thioether (sulfide) groups is 2. The van der Waals surface area contributed by atoms with Gasteiger partial charge in [-0.15, -0.1) is 28.9 Å². The number of aliphatic carboxylic acids is 1. The van der Waals surface area contributed by atoms with E-state index in [1.165, 1.54) is 58.0 Å². The Morgan fingerprint density at radius 3 is 2.39 bits per heavy atom. The molecule has 3 aliphatic heterocycles. The van der Waals surface area contributed by atoms with Gasteiger partial charge in [-0.25, -0.2) is 4.79 Å². The maximum absolute atomic E-state index is 14.0. The molecule has 21 heteroatoms. The van der Waals surface area contributed by atoms with Crippen molar-refractivity contribution in [3.8, 4) is 11.5 Å². The summed E-state index contributed by atoms with van der Waals surface area (Å²) in [7, 11) is 0. The molecule has 0 saturated carbocycles. The van der Waals surface area contributed by atoms with E-state index >= 15 is 0 Å². The summed E-state index contributed by atoms with van der Waals surface area (Å²) in [5.41, 5.74) is 0.641. The Morgan fingerprint density at radius 2 is 1.74 bits per heavy atom. The molecule has 3 atom stereocenters. The van der Waals surface area contributed by atoms with Crippen molar-refractivity contribution in [3.63, 3.8) is 0 Å². The van der Waals surface area contributed by atoms with E-state index in [9.17, 15) is 53.7 Å². The largest absolute Gasteiger partial charge is 0.543 e. The van der Waals surface area contributed by atoms with Crippen molar-refractivity contribution in [2.24, 2.45) is 0 Å². The van der Waals surface area contributed by atoms with Crippen LogP contribution < -0.4 is 31.2 Å². The van der Waals surface area contributed by atoms with Crippen molar-refractivity contribution < 1.29 is 58.4 Å². The fourth-order valence-corrected chi connectivity index (χ4v) is 8.73. The third kappa shape index (κ3) is 7.91. The van der Waals surface area contributed by atoms with Crippen LogP contribution >= 0.6 is 23.5 Å². The number of imide groups is 1. The fraction of sp³-hybridized carbons (Fsp3) is 0.250. The first kappa shape index (κ1) is 40.1. The molecular weight excluding hydrogens is 785 g/mol. The second-order valence-corrected chi connectivity index (χ2v) is 14.8. The number of hydrogen-bond acceptors (Lipinski definition) is 13. The van der Waals surface area contributed by atoms with E-state index in [2.05, 4.69) is 21.4 Å². The van der Waals surface area contributed by atoms with Gasteiger partial charge < -0.3 is 41.0 Å². The van der Waals surface area contributed by atoms with Gasteiger partial charge in [0.1, 0.15) is 11.4 Å². The van der Waals surface area contributed by atoms with Gasteiger partial charge in [0, 0.05) is 53.7 Å². The van der Waals surface area contributed by atoms with E-state index in [1.807, 2.05) is 0 Å². The normalized spacial score (nSPS) is 19.6. The number of carboxylic acids is 1. The van der Waals surface area contributed by atoms with Gasteiger partial charge in [-0.3, -0.25) is 38.6 Å². The van der Waals surface area contributed by atoms with Crippen molar-refractivity contribution in [1.29, 1.82) is 0 Å². The molecule has 0 bridgehead atoms. The number of piperazine rings is 1. The summed E-state index contributed by atoms with van der Waals surface area (Å²) in [6, 6.07) is 12.1. The number of fused-ring (bicyclic) bond motifs is 1. The highest BCUT2D eigenvalue weighted by Gasteiger charge is 2.65. The highest BCUT2D eigenvalue weighted by Crippen LogP contribution is 2.46. The highest BCUT2D eigenvalue weighted by atomic mass is 32.2. The molecule has 3 aliphatic rings. The maximum atomic E-state index is 14.0. The van der Waals surface area contributed by atoms with E-state index < -0.39 is 70.1 Å². The quantitative estimate of drug-likeness (QED) is 0.0218. The Bertz CT molecular complexity index is 2190. The van der Waals surface area contributed by atoms with Crippen molar-refractivity contribution in [2.45, 2.75) is 28.9 Å². The smallest absolute Gasteiger partial charge is 0.325 e. The number of hydrogen-bond donors (Lipinski definition) is 6. The molecule has 57 heavy (non-hydrogen) atoms. The number of rotatable bonds is 13. The van der Waals surface area contributed by atoms with Gasteiger partial charge in [0.05, 0.1) is 11.7 Å². The molecule has 0 radical (unpaired) electrons. The van der Waals surface area contributed by atoms with Gasteiger partial charge in [-0.1, -0.05) is 35.0 Å². The van der Waals surface area contributed by atoms with Crippen LogP contribution in [0.3, 0.4) is 0 Å². The van der Waals surface area contributed by atoms with Gasteiger partial charge in [-0.2, -0.15) is 0 Å². The second kappa shape index (κ2) is 16.6. The predicted molar refractivity (Wildman–Crippen MR) is 198 cm³/mol. The lowest BCUT2D eigenvalue weighted by Crippen LogP contribution is -2.85. The molecule has 19 nitrogen and oxygen atoms in total. The van der Waals surface area contributed by atoms with Crippen LogP contribution in [0.15, 0.2) is 89.2 Å². The molecule has 6 N–H and O–H groups in total. The zero-order valence-electron chi connectivity index (χ0n) is 29.9. The first-order valence-corrected chi connectivity index (χ1v) is 19.2. The summed E-state index contributed by atoms with van der Waals surface area (Å²) < 4.78 is 1.34. The van der Waals surface area contributed by atoms with Gasteiger partial charge in [0.2, 0.25) is 30.4 Å². The highest BCUT2D eigenvalue weighted by molar-refractivity contribution is 8.01. The number of carboxylic acid groups (broad SMARTS) is 1. The molecular formula is C36H34N8O11S2. The number of phenols is 2. The van der Waals surface area contributed by atoms with E-state index in [-0.39, 0.29) is 54.4 Å². The number of carbonyl (C=O) groups excluding carboxylic acids is 8. The number of aromatic hydroxyl groups is 2. The van der Waals surface area contributed by atoms with E-state index in [4.69, 9.17) is 0 Å². The monoisotopic (exact) mass is 818 g/mol. The SMILES string of the molecule is CCN1CCN(C(=O)NC(C(=O)N[C@]2(NC=O)C(=O)N3C(C(=O)[O-])=C(CSc4cc[n+](NC(=O)c5ccc(O)c(O)c5)cc4)CS[C@@H]32)c2ccccc2)C(=O)C1=O. The van der Waals surface area contributed by atoms with Gasteiger partial charge in [0.25, 0.3) is 5.91 Å². The van der Waals surface area contributed by atoms with Crippen LogP contribution in [0, 0.1) is 0 Å².